The van der Waals surface area contributed by atoms with Gasteiger partial charge in [-0.15, -0.1) is 11.3 Å². The van der Waals surface area contributed by atoms with E-state index in [1.54, 1.807) is 6.92 Å². The van der Waals surface area contributed by atoms with Gasteiger partial charge in [0.05, 0.1) is 12.2 Å². The molecule has 22 heavy (non-hydrogen) atoms. The van der Waals surface area contributed by atoms with Gasteiger partial charge < -0.3 is 10.1 Å². The molecule has 0 saturated heterocycles. The van der Waals surface area contributed by atoms with Gasteiger partial charge in [0.2, 0.25) is 5.91 Å². The van der Waals surface area contributed by atoms with E-state index in [0.29, 0.717) is 23.1 Å². The largest absolute Gasteiger partial charge is 0.462 e. The number of allylic oxidation sites excluding steroid dienone is 1. The van der Waals surface area contributed by atoms with E-state index in [-0.39, 0.29) is 11.9 Å². The van der Waals surface area contributed by atoms with E-state index >= 15 is 0 Å². The lowest BCUT2D eigenvalue weighted by atomic mass is 9.88. The van der Waals surface area contributed by atoms with Gasteiger partial charge in [-0.1, -0.05) is 12.5 Å². The molecule has 2 rings (SSSR count). The second-order valence-corrected chi connectivity index (χ2v) is 7.09. The summed E-state index contributed by atoms with van der Waals surface area (Å²) in [6.45, 7) is 8.08. The highest BCUT2D eigenvalue weighted by Gasteiger charge is 2.28. The summed E-state index contributed by atoms with van der Waals surface area (Å²) in [7, 11) is 0. The lowest BCUT2D eigenvalue weighted by Gasteiger charge is -2.18. The van der Waals surface area contributed by atoms with E-state index in [1.165, 1.54) is 22.3 Å². The average Bonchev–Trinajstić information content (AvgIpc) is 2.74. The van der Waals surface area contributed by atoms with Crippen molar-refractivity contribution in [1.29, 1.82) is 0 Å². The molecule has 1 aromatic rings. The molecule has 0 fully saturated rings. The van der Waals surface area contributed by atoms with Crippen molar-refractivity contribution in [1.82, 2.24) is 0 Å². The van der Waals surface area contributed by atoms with Crippen molar-refractivity contribution in [2.45, 2.75) is 47.0 Å². The van der Waals surface area contributed by atoms with Crippen molar-refractivity contribution in [3.8, 4) is 0 Å². The molecular weight excluding hydrogens is 298 g/mol. The predicted molar refractivity (Wildman–Crippen MR) is 89.5 cm³/mol. The van der Waals surface area contributed by atoms with Crippen molar-refractivity contribution in [3.63, 3.8) is 0 Å². The van der Waals surface area contributed by atoms with E-state index in [0.717, 1.165) is 30.4 Å². The number of anilines is 1. The second-order valence-electron chi connectivity index (χ2n) is 5.99. The summed E-state index contributed by atoms with van der Waals surface area (Å²) in [6, 6.07) is 0. The molecule has 1 aliphatic rings. The molecule has 1 N–H and O–H groups in total. The molecule has 4 nitrogen and oxygen atoms in total. The number of carbonyl (C=O) groups excluding carboxylic acids is 2. The molecule has 0 spiro atoms. The van der Waals surface area contributed by atoms with E-state index in [2.05, 4.69) is 12.2 Å². The molecule has 5 heteroatoms. The Kier molecular flexibility index (Phi) is 5.40. The molecule has 120 valence electrons. The smallest absolute Gasteiger partial charge is 0.341 e. The molecule has 1 amide bonds. The lowest BCUT2D eigenvalue weighted by molar-refractivity contribution is -0.111. The predicted octanol–water partition coefficient (Wildman–Crippen LogP) is 3.95. The fraction of sp³-hybridized carbons (Fsp3) is 0.529. The molecule has 1 atom stereocenters. The van der Waals surface area contributed by atoms with Crippen LogP contribution in [0.25, 0.3) is 0 Å². The molecule has 0 aromatic carbocycles. The molecule has 0 aliphatic heterocycles. The van der Waals surface area contributed by atoms with Crippen LogP contribution in [0.15, 0.2) is 11.6 Å². The molecule has 0 unspecified atom stereocenters. The quantitative estimate of drug-likeness (QED) is 0.675. The summed E-state index contributed by atoms with van der Waals surface area (Å²) in [5.74, 6) is 0.0850. The first-order valence-corrected chi connectivity index (χ1v) is 8.51. The fourth-order valence-corrected chi connectivity index (χ4v) is 4.07. The highest BCUT2D eigenvalue weighted by molar-refractivity contribution is 7.17. The summed E-state index contributed by atoms with van der Waals surface area (Å²) in [6.07, 6.45) is 4.44. The van der Waals surface area contributed by atoms with Crippen molar-refractivity contribution in [2.75, 3.05) is 11.9 Å². The second kappa shape index (κ2) is 7.09. The van der Waals surface area contributed by atoms with Gasteiger partial charge >= 0.3 is 5.97 Å². The molecule has 1 aromatic heterocycles. The highest BCUT2D eigenvalue weighted by Crippen LogP contribution is 2.40. The van der Waals surface area contributed by atoms with Crippen molar-refractivity contribution >= 4 is 28.2 Å². The molecule has 0 radical (unpaired) electrons. The van der Waals surface area contributed by atoms with Gasteiger partial charge in [0.1, 0.15) is 5.00 Å². The zero-order valence-corrected chi connectivity index (χ0v) is 14.4. The van der Waals surface area contributed by atoms with Gasteiger partial charge in [0.15, 0.2) is 0 Å². The summed E-state index contributed by atoms with van der Waals surface area (Å²) < 4.78 is 5.18. The Labute approximate surface area is 135 Å². The third-order valence-corrected chi connectivity index (χ3v) is 4.82. The lowest BCUT2D eigenvalue weighted by Crippen LogP contribution is -2.15. The van der Waals surface area contributed by atoms with Crippen molar-refractivity contribution < 1.29 is 14.3 Å². The number of hydrogen-bond acceptors (Lipinski definition) is 4. The van der Waals surface area contributed by atoms with Crippen LogP contribution in [0.5, 0.6) is 0 Å². The molecule has 1 heterocycles. The van der Waals surface area contributed by atoms with E-state index < -0.39 is 0 Å². The van der Waals surface area contributed by atoms with Gasteiger partial charge in [0, 0.05) is 11.0 Å². The Morgan fingerprint density at radius 1 is 1.41 bits per heavy atom. The number of rotatable bonds is 4. The van der Waals surface area contributed by atoms with Crippen LogP contribution in [0, 0.1) is 5.92 Å². The topological polar surface area (TPSA) is 55.4 Å². The summed E-state index contributed by atoms with van der Waals surface area (Å²) in [4.78, 5) is 25.5. The number of amides is 1. The van der Waals surface area contributed by atoms with Crippen LogP contribution in [-0.4, -0.2) is 18.5 Å². The van der Waals surface area contributed by atoms with E-state index in [9.17, 15) is 9.59 Å². The van der Waals surface area contributed by atoms with Crippen LogP contribution in [0.4, 0.5) is 5.00 Å². The first-order valence-electron chi connectivity index (χ1n) is 7.69. The first kappa shape index (κ1) is 16.7. The van der Waals surface area contributed by atoms with Gasteiger partial charge in [-0.3, -0.25) is 4.79 Å². The van der Waals surface area contributed by atoms with Gasteiger partial charge in [0.25, 0.3) is 0 Å². The van der Waals surface area contributed by atoms with E-state index in [1.807, 2.05) is 13.8 Å². The van der Waals surface area contributed by atoms with Crippen LogP contribution in [0.1, 0.15) is 54.9 Å². The molecule has 1 aliphatic carbocycles. The Balaban J connectivity index is 2.37. The van der Waals surface area contributed by atoms with Gasteiger partial charge in [-0.05, 0) is 51.5 Å². The number of ether oxygens (including phenoxy) is 1. The number of esters is 1. The van der Waals surface area contributed by atoms with Crippen LogP contribution < -0.4 is 5.32 Å². The zero-order valence-electron chi connectivity index (χ0n) is 13.6. The van der Waals surface area contributed by atoms with E-state index in [4.69, 9.17) is 4.74 Å². The summed E-state index contributed by atoms with van der Waals surface area (Å²) in [5.41, 5.74) is 2.54. The normalized spacial score (nSPS) is 16.6. The number of hydrogen-bond donors (Lipinski definition) is 1. The zero-order chi connectivity index (χ0) is 16.3. The Hall–Kier alpha value is -1.62. The molecule has 0 saturated carbocycles. The van der Waals surface area contributed by atoms with Crippen LogP contribution >= 0.6 is 11.3 Å². The van der Waals surface area contributed by atoms with Crippen molar-refractivity contribution in [2.24, 2.45) is 5.92 Å². The maximum Gasteiger partial charge on any atom is 0.341 e. The van der Waals surface area contributed by atoms with Crippen molar-refractivity contribution in [3.05, 3.63) is 27.7 Å². The number of thiophene rings is 1. The monoisotopic (exact) mass is 321 g/mol. The SMILES string of the molecule is CCOC(=O)c1c(NC(=O)C=C(C)C)sc2c1CC[C@@H](C)C2. The third-order valence-electron chi connectivity index (χ3n) is 3.65. The maximum absolute atomic E-state index is 12.3. The number of fused-ring (bicyclic) bond motifs is 1. The average molecular weight is 321 g/mol. The Bertz CT molecular complexity index is 612. The van der Waals surface area contributed by atoms with Crippen LogP contribution in [0.2, 0.25) is 0 Å². The third kappa shape index (κ3) is 3.77. The number of nitrogens with one attached hydrogen (secondary N) is 1. The Morgan fingerprint density at radius 3 is 2.77 bits per heavy atom. The van der Waals surface area contributed by atoms with Gasteiger partial charge in [-0.2, -0.15) is 0 Å². The highest BCUT2D eigenvalue weighted by atomic mass is 32.1. The minimum atomic E-state index is -0.331. The minimum Gasteiger partial charge on any atom is -0.462 e. The van der Waals surface area contributed by atoms with Gasteiger partial charge in [-0.25, -0.2) is 4.79 Å². The number of carbonyl (C=O) groups is 2. The summed E-state index contributed by atoms with van der Waals surface area (Å²) >= 11 is 1.51. The van der Waals surface area contributed by atoms with Crippen LogP contribution in [-0.2, 0) is 22.4 Å². The molecule has 0 bridgehead atoms. The standard InChI is InChI=1S/C17H23NO3S/c1-5-21-17(20)15-12-7-6-11(4)9-13(12)22-16(15)18-14(19)8-10(2)3/h8,11H,5-7,9H2,1-4H3,(H,18,19)/t11-/m1/s1. The Morgan fingerprint density at radius 2 is 2.14 bits per heavy atom. The fourth-order valence-electron chi connectivity index (χ4n) is 2.67. The van der Waals surface area contributed by atoms with Crippen LogP contribution in [0.3, 0.4) is 0 Å². The first-order chi connectivity index (χ1) is 10.4. The summed E-state index contributed by atoms with van der Waals surface area (Å²) in [5, 5.41) is 3.48. The maximum atomic E-state index is 12.3. The molecular formula is C17H23NO3S. The minimum absolute atomic E-state index is 0.197.